The van der Waals surface area contributed by atoms with Crippen molar-refractivity contribution in [3.05, 3.63) is 47.4 Å². The normalized spacial score (nSPS) is 11.4. The maximum Gasteiger partial charge on any atom is 0.214 e. The molecule has 4 rings (SSSR count). The number of benzene rings is 2. The van der Waals surface area contributed by atoms with Gasteiger partial charge in [-0.05, 0) is 24.4 Å². The number of nitrogens with zero attached hydrogens (tertiary/aromatic N) is 3. The van der Waals surface area contributed by atoms with Crippen LogP contribution in [0.15, 0.2) is 42.6 Å². The van der Waals surface area contributed by atoms with Crippen LogP contribution in [0.4, 0.5) is 0 Å². The summed E-state index contributed by atoms with van der Waals surface area (Å²) in [6, 6.07) is 12.0. The van der Waals surface area contributed by atoms with Gasteiger partial charge < -0.3 is 0 Å². The highest BCUT2D eigenvalue weighted by Crippen LogP contribution is 2.30. The van der Waals surface area contributed by atoms with Crippen LogP contribution >= 0.6 is 12.2 Å². The number of nitrogens with one attached hydrogen (secondary N) is 1. The van der Waals surface area contributed by atoms with Gasteiger partial charge in [-0.25, -0.2) is 4.98 Å². The second-order valence-electron chi connectivity index (χ2n) is 4.28. The van der Waals surface area contributed by atoms with Crippen LogP contribution in [-0.4, -0.2) is 20.2 Å². The highest BCUT2D eigenvalue weighted by molar-refractivity contribution is 7.71. The molecule has 90 valence electrons. The Labute approximate surface area is 113 Å². The molecular formula is C14H8N4S. The van der Waals surface area contributed by atoms with Crippen LogP contribution in [0.25, 0.3) is 32.7 Å². The first-order valence-corrected chi connectivity index (χ1v) is 6.27. The standard InChI is InChI=1S/C14H8N4S/c19-14-16-12-10-6-3-7-15-11(10)8-4-1-2-5-9(8)13(12)17-18-14/h1-7H,(H,16,18,19). The summed E-state index contributed by atoms with van der Waals surface area (Å²) in [6.07, 6.45) is 1.79. The number of rotatable bonds is 0. The molecule has 0 fully saturated rings. The maximum absolute atomic E-state index is 5.08. The number of aromatic amines is 1. The second kappa shape index (κ2) is 3.80. The molecule has 0 aliphatic carbocycles. The molecule has 0 saturated carbocycles. The highest BCUT2D eigenvalue weighted by Gasteiger charge is 2.10. The predicted molar refractivity (Wildman–Crippen MR) is 77.5 cm³/mol. The molecule has 0 amide bonds. The van der Waals surface area contributed by atoms with E-state index in [1.165, 1.54) is 0 Å². The monoisotopic (exact) mass is 264 g/mol. The molecule has 2 heterocycles. The summed E-state index contributed by atoms with van der Waals surface area (Å²) in [5, 5.41) is 10.2. The number of fused-ring (bicyclic) bond motifs is 6. The number of aromatic nitrogens is 4. The van der Waals surface area contributed by atoms with Gasteiger partial charge in [-0.15, -0.1) is 0 Å². The summed E-state index contributed by atoms with van der Waals surface area (Å²) < 4.78 is 0.382. The third kappa shape index (κ3) is 1.45. The molecule has 0 spiro atoms. The van der Waals surface area contributed by atoms with E-state index in [2.05, 4.69) is 20.2 Å². The SMILES string of the molecule is S=c1nc2c3cccnc3c3ccccc3c2n[nH]1. The molecule has 2 aromatic carbocycles. The molecular weight excluding hydrogens is 256 g/mol. The van der Waals surface area contributed by atoms with Crippen LogP contribution in [0.1, 0.15) is 0 Å². The van der Waals surface area contributed by atoms with Gasteiger partial charge in [-0.2, -0.15) is 5.10 Å². The van der Waals surface area contributed by atoms with Gasteiger partial charge in [-0.1, -0.05) is 24.3 Å². The van der Waals surface area contributed by atoms with Crippen LogP contribution in [0.5, 0.6) is 0 Å². The Morgan fingerprint density at radius 3 is 2.42 bits per heavy atom. The van der Waals surface area contributed by atoms with Crippen LogP contribution in [0.3, 0.4) is 0 Å². The Kier molecular flexibility index (Phi) is 2.10. The molecule has 2 aromatic heterocycles. The molecule has 0 unspecified atom stereocenters. The molecule has 0 aliphatic heterocycles. The summed E-state index contributed by atoms with van der Waals surface area (Å²) in [5.74, 6) is 0. The fraction of sp³-hybridized carbons (Fsp3) is 0. The predicted octanol–water partition coefficient (Wildman–Crippen LogP) is 3.39. The van der Waals surface area contributed by atoms with Crippen LogP contribution in [0, 0.1) is 4.77 Å². The van der Waals surface area contributed by atoms with E-state index >= 15 is 0 Å². The molecule has 0 saturated heterocycles. The molecule has 19 heavy (non-hydrogen) atoms. The largest absolute Gasteiger partial charge is 0.256 e. The maximum atomic E-state index is 5.08. The van der Waals surface area contributed by atoms with E-state index < -0.39 is 0 Å². The van der Waals surface area contributed by atoms with Gasteiger partial charge in [0.25, 0.3) is 0 Å². The van der Waals surface area contributed by atoms with Gasteiger partial charge in [0, 0.05) is 22.4 Å². The Bertz CT molecular complexity index is 955. The van der Waals surface area contributed by atoms with E-state index in [1.807, 2.05) is 36.4 Å². The fourth-order valence-corrected chi connectivity index (χ4v) is 2.56. The Morgan fingerprint density at radius 2 is 1.58 bits per heavy atom. The van der Waals surface area contributed by atoms with Crippen molar-refractivity contribution in [1.29, 1.82) is 0 Å². The zero-order valence-corrected chi connectivity index (χ0v) is 10.6. The Balaban J connectivity index is 2.47. The van der Waals surface area contributed by atoms with Crippen molar-refractivity contribution < 1.29 is 0 Å². The molecule has 0 atom stereocenters. The van der Waals surface area contributed by atoms with Gasteiger partial charge in [0.05, 0.1) is 5.52 Å². The number of hydrogen-bond acceptors (Lipinski definition) is 4. The third-order valence-corrected chi connectivity index (χ3v) is 3.38. The summed E-state index contributed by atoms with van der Waals surface area (Å²) in [7, 11) is 0. The molecule has 4 aromatic rings. The van der Waals surface area contributed by atoms with E-state index in [0.29, 0.717) is 4.77 Å². The summed E-state index contributed by atoms with van der Waals surface area (Å²) in [4.78, 5) is 8.89. The van der Waals surface area contributed by atoms with Gasteiger partial charge in [0.15, 0.2) is 0 Å². The first-order valence-electron chi connectivity index (χ1n) is 5.86. The van der Waals surface area contributed by atoms with E-state index in [1.54, 1.807) is 6.20 Å². The average Bonchev–Trinajstić information content (AvgIpc) is 2.47. The molecule has 5 heteroatoms. The van der Waals surface area contributed by atoms with Crippen molar-refractivity contribution in [1.82, 2.24) is 20.2 Å². The number of hydrogen-bond donors (Lipinski definition) is 1. The first kappa shape index (κ1) is 10.5. The Hall–Kier alpha value is -2.40. The molecule has 0 bridgehead atoms. The lowest BCUT2D eigenvalue weighted by Gasteiger charge is -2.06. The second-order valence-corrected chi connectivity index (χ2v) is 4.67. The lowest BCUT2D eigenvalue weighted by atomic mass is 10.0. The van der Waals surface area contributed by atoms with E-state index in [-0.39, 0.29) is 0 Å². The van der Waals surface area contributed by atoms with E-state index in [4.69, 9.17) is 12.2 Å². The van der Waals surface area contributed by atoms with Crippen molar-refractivity contribution in [3.63, 3.8) is 0 Å². The van der Waals surface area contributed by atoms with Crippen molar-refractivity contribution >= 4 is 44.9 Å². The van der Waals surface area contributed by atoms with Crippen molar-refractivity contribution in [3.8, 4) is 0 Å². The van der Waals surface area contributed by atoms with Crippen LogP contribution < -0.4 is 0 Å². The van der Waals surface area contributed by atoms with Gasteiger partial charge in [0.1, 0.15) is 11.0 Å². The zero-order chi connectivity index (χ0) is 12.8. The molecule has 1 N–H and O–H groups in total. The van der Waals surface area contributed by atoms with Crippen LogP contribution in [-0.2, 0) is 0 Å². The topological polar surface area (TPSA) is 54.5 Å². The van der Waals surface area contributed by atoms with Gasteiger partial charge in [-0.3, -0.25) is 10.1 Å². The van der Waals surface area contributed by atoms with Crippen LogP contribution in [0.2, 0.25) is 0 Å². The first-order chi connectivity index (χ1) is 9.34. The van der Waals surface area contributed by atoms with E-state index in [0.717, 1.165) is 32.7 Å². The summed E-state index contributed by atoms with van der Waals surface area (Å²) >= 11 is 5.08. The molecule has 0 radical (unpaired) electrons. The summed E-state index contributed by atoms with van der Waals surface area (Å²) in [6.45, 7) is 0. The highest BCUT2D eigenvalue weighted by atomic mass is 32.1. The number of H-pyrrole nitrogens is 1. The fourth-order valence-electron chi connectivity index (χ4n) is 2.42. The van der Waals surface area contributed by atoms with E-state index in [9.17, 15) is 0 Å². The minimum Gasteiger partial charge on any atom is -0.256 e. The van der Waals surface area contributed by atoms with Crippen molar-refractivity contribution in [2.24, 2.45) is 0 Å². The molecule has 0 aliphatic rings. The summed E-state index contributed by atoms with van der Waals surface area (Å²) in [5.41, 5.74) is 2.55. The number of pyridine rings is 1. The van der Waals surface area contributed by atoms with Gasteiger partial charge in [0.2, 0.25) is 4.77 Å². The molecule has 4 nitrogen and oxygen atoms in total. The Morgan fingerprint density at radius 1 is 0.842 bits per heavy atom. The lowest BCUT2D eigenvalue weighted by Crippen LogP contribution is -1.93. The average molecular weight is 264 g/mol. The minimum atomic E-state index is 0.382. The van der Waals surface area contributed by atoms with Crippen molar-refractivity contribution in [2.45, 2.75) is 0 Å². The van der Waals surface area contributed by atoms with Crippen molar-refractivity contribution in [2.75, 3.05) is 0 Å². The lowest BCUT2D eigenvalue weighted by molar-refractivity contribution is 1.01. The van der Waals surface area contributed by atoms with Gasteiger partial charge >= 0.3 is 0 Å². The third-order valence-electron chi connectivity index (χ3n) is 3.20. The zero-order valence-electron chi connectivity index (χ0n) is 9.79. The quantitative estimate of drug-likeness (QED) is 0.391. The minimum absolute atomic E-state index is 0.382. The smallest absolute Gasteiger partial charge is 0.214 e.